The number of benzene rings is 1. The molecule has 15 heavy (non-hydrogen) atoms. The Morgan fingerprint density at radius 1 is 1.53 bits per heavy atom. The number of rotatable bonds is 1. The van der Waals surface area contributed by atoms with Crippen LogP contribution in [0.15, 0.2) is 12.1 Å². The summed E-state index contributed by atoms with van der Waals surface area (Å²) >= 11 is 0. The van der Waals surface area contributed by atoms with E-state index < -0.39 is 0 Å². The molecule has 0 spiro atoms. The molecule has 3 N–H and O–H groups in total. The summed E-state index contributed by atoms with van der Waals surface area (Å²) in [4.78, 5) is 0. The van der Waals surface area contributed by atoms with Crippen molar-refractivity contribution in [2.24, 2.45) is 0 Å². The monoisotopic (exact) mass is 206 g/mol. The van der Waals surface area contributed by atoms with Gasteiger partial charge in [0.25, 0.3) is 0 Å². The van der Waals surface area contributed by atoms with E-state index in [0.717, 1.165) is 0 Å². The number of anilines is 1. The minimum atomic E-state index is -0.371. The van der Waals surface area contributed by atoms with Crippen molar-refractivity contribution in [2.45, 2.75) is 6.10 Å². The van der Waals surface area contributed by atoms with Crippen molar-refractivity contribution in [3.8, 4) is 17.6 Å². The van der Waals surface area contributed by atoms with E-state index in [1.807, 2.05) is 6.07 Å². The first-order valence-electron chi connectivity index (χ1n) is 4.48. The molecular weight excluding hydrogens is 196 g/mol. The summed E-state index contributed by atoms with van der Waals surface area (Å²) in [6.45, 7) is 0.164. The van der Waals surface area contributed by atoms with Crippen molar-refractivity contribution in [1.82, 2.24) is 0 Å². The number of nitrogens with zero attached hydrogens (tertiary/aromatic N) is 1. The molecule has 1 aromatic carbocycles. The van der Waals surface area contributed by atoms with Gasteiger partial charge in [-0.05, 0) is 0 Å². The highest BCUT2D eigenvalue weighted by atomic mass is 16.6. The predicted molar refractivity (Wildman–Crippen MR) is 52.6 cm³/mol. The molecule has 1 aliphatic heterocycles. The van der Waals surface area contributed by atoms with Crippen LogP contribution in [-0.4, -0.2) is 24.4 Å². The number of nitrogen functional groups attached to an aromatic ring is 1. The summed E-state index contributed by atoms with van der Waals surface area (Å²) in [6, 6.07) is 5.04. The number of aliphatic hydroxyl groups is 1. The van der Waals surface area contributed by atoms with Crippen LogP contribution in [-0.2, 0) is 0 Å². The second-order valence-corrected chi connectivity index (χ2v) is 3.23. The zero-order valence-electron chi connectivity index (χ0n) is 7.93. The highest BCUT2D eigenvalue weighted by Gasteiger charge is 2.21. The third kappa shape index (κ3) is 1.67. The largest absolute Gasteiger partial charge is 0.486 e. The van der Waals surface area contributed by atoms with Gasteiger partial charge in [0.2, 0.25) is 0 Å². The van der Waals surface area contributed by atoms with Crippen molar-refractivity contribution < 1.29 is 14.6 Å². The summed E-state index contributed by atoms with van der Waals surface area (Å²) in [5.74, 6) is 0.960. The Bertz CT molecular complexity index is 425. The van der Waals surface area contributed by atoms with Gasteiger partial charge in [-0.2, -0.15) is 5.26 Å². The topological polar surface area (TPSA) is 88.5 Å². The number of nitriles is 1. The zero-order valence-corrected chi connectivity index (χ0v) is 7.93. The Kier molecular flexibility index (Phi) is 2.35. The molecule has 0 amide bonds. The van der Waals surface area contributed by atoms with Crippen molar-refractivity contribution in [2.75, 3.05) is 18.9 Å². The molecule has 0 bridgehead atoms. The lowest BCUT2D eigenvalue weighted by molar-refractivity contribution is 0.0457. The quantitative estimate of drug-likeness (QED) is 0.644. The van der Waals surface area contributed by atoms with E-state index in [4.69, 9.17) is 25.6 Å². The van der Waals surface area contributed by atoms with Crippen LogP contribution < -0.4 is 15.2 Å². The fraction of sp³-hybridized carbons (Fsp3) is 0.300. The first-order chi connectivity index (χ1) is 7.24. The van der Waals surface area contributed by atoms with Crippen LogP contribution in [0.1, 0.15) is 5.56 Å². The van der Waals surface area contributed by atoms with Crippen LogP contribution in [0.3, 0.4) is 0 Å². The van der Waals surface area contributed by atoms with Crippen LogP contribution in [0, 0.1) is 11.3 Å². The predicted octanol–water partition coefficient (Wildman–Crippen LogP) is 0.273. The molecule has 0 aromatic heterocycles. The normalized spacial score (nSPS) is 18.3. The van der Waals surface area contributed by atoms with Crippen molar-refractivity contribution >= 4 is 5.69 Å². The van der Waals surface area contributed by atoms with E-state index in [1.165, 1.54) is 12.1 Å². The van der Waals surface area contributed by atoms with Crippen molar-refractivity contribution in [3.05, 3.63) is 17.7 Å². The van der Waals surface area contributed by atoms with Gasteiger partial charge >= 0.3 is 0 Å². The fourth-order valence-electron chi connectivity index (χ4n) is 1.36. The average Bonchev–Trinajstić information content (AvgIpc) is 2.27. The Morgan fingerprint density at radius 2 is 2.33 bits per heavy atom. The Labute approximate surface area is 86.6 Å². The molecule has 5 nitrogen and oxygen atoms in total. The maximum Gasteiger partial charge on any atom is 0.164 e. The summed E-state index contributed by atoms with van der Waals surface area (Å²) in [7, 11) is 0. The van der Waals surface area contributed by atoms with Gasteiger partial charge in [-0.3, -0.25) is 0 Å². The lowest BCUT2D eigenvalue weighted by Crippen LogP contribution is -2.32. The first-order valence-corrected chi connectivity index (χ1v) is 4.48. The van der Waals surface area contributed by atoms with E-state index in [2.05, 4.69) is 0 Å². The van der Waals surface area contributed by atoms with E-state index in [0.29, 0.717) is 22.7 Å². The number of hydrogen-bond donors (Lipinski definition) is 2. The van der Waals surface area contributed by atoms with Crippen molar-refractivity contribution in [1.29, 1.82) is 5.26 Å². The molecule has 1 atom stereocenters. The molecule has 1 aliphatic rings. The molecule has 0 saturated carbocycles. The maximum absolute atomic E-state index is 8.90. The second-order valence-electron chi connectivity index (χ2n) is 3.23. The fourth-order valence-corrected chi connectivity index (χ4v) is 1.36. The van der Waals surface area contributed by atoms with Gasteiger partial charge in [0.15, 0.2) is 17.6 Å². The van der Waals surface area contributed by atoms with Crippen LogP contribution in [0.4, 0.5) is 5.69 Å². The number of ether oxygens (including phenoxy) is 2. The minimum absolute atomic E-state index is 0.112. The molecule has 0 aliphatic carbocycles. The third-order valence-corrected chi connectivity index (χ3v) is 2.16. The standard InChI is InChI=1S/C10H10N2O3/c11-3-6-1-9-10(2-8(6)12)15-7(4-13)5-14-9/h1-2,7,13H,4-5,12H2. The van der Waals surface area contributed by atoms with E-state index >= 15 is 0 Å². The zero-order chi connectivity index (χ0) is 10.8. The molecule has 0 radical (unpaired) electrons. The Balaban J connectivity index is 2.37. The molecule has 1 heterocycles. The van der Waals surface area contributed by atoms with E-state index in [-0.39, 0.29) is 19.3 Å². The molecular formula is C10H10N2O3. The van der Waals surface area contributed by atoms with Crippen LogP contribution in [0.5, 0.6) is 11.5 Å². The van der Waals surface area contributed by atoms with Crippen LogP contribution in [0.25, 0.3) is 0 Å². The number of nitrogens with two attached hydrogens (primary N) is 1. The third-order valence-electron chi connectivity index (χ3n) is 2.16. The number of aliphatic hydroxyl groups excluding tert-OH is 1. The number of hydrogen-bond acceptors (Lipinski definition) is 5. The lowest BCUT2D eigenvalue weighted by Gasteiger charge is -2.25. The van der Waals surface area contributed by atoms with Gasteiger partial charge < -0.3 is 20.3 Å². The van der Waals surface area contributed by atoms with Gasteiger partial charge in [-0.15, -0.1) is 0 Å². The van der Waals surface area contributed by atoms with E-state index in [9.17, 15) is 0 Å². The minimum Gasteiger partial charge on any atom is -0.486 e. The maximum atomic E-state index is 8.90. The molecule has 0 fully saturated rings. The van der Waals surface area contributed by atoms with Crippen LogP contribution in [0.2, 0.25) is 0 Å². The highest BCUT2D eigenvalue weighted by Crippen LogP contribution is 2.35. The van der Waals surface area contributed by atoms with E-state index in [1.54, 1.807) is 0 Å². The molecule has 2 rings (SSSR count). The summed E-state index contributed by atoms with van der Waals surface area (Å²) in [5, 5.41) is 17.6. The molecule has 78 valence electrons. The molecule has 5 heteroatoms. The van der Waals surface area contributed by atoms with Gasteiger partial charge in [-0.25, -0.2) is 0 Å². The van der Waals surface area contributed by atoms with Gasteiger partial charge in [0.05, 0.1) is 17.9 Å². The van der Waals surface area contributed by atoms with Gasteiger partial charge in [0.1, 0.15) is 12.7 Å². The second kappa shape index (κ2) is 3.67. The highest BCUT2D eigenvalue weighted by molar-refractivity contribution is 5.62. The summed E-state index contributed by atoms with van der Waals surface area (Å²) in [6.07, 6.45) is -0.371. The average molecular weight is 206 g/mol. The Hall–Kier alpha value is -1.93. The summed E-state index contributed by atoms with van der Waals surface area (Å²) < 4.78 is 10.7. The Morgan fingerprint density at radius 3 is 3.00 bits per heavy atom. The number of fused-ring (bicyclic) bond motifs is 1. The van der Waals surface area contributed by atoms with Gasteiger partial charge in [0, 0.05) is 12.1 Å². The molecule has 1 aromatic rings. The lowest BCUT2D eigenvalue weighted by atomic mass is 10.1. The molecule has 1 unspecified atom stereocenters. The first kappa shape index (κ1) is 9.62. The van der Waals surface area contributed by atoms with Crippen LogP contribution >= 0.6 is 0 Å². The smallest absolute Gasteiger partial charge is 0.164 e. The van der Waals surface area contributed by atoms with Crippen molar-refractivity contribution in [3.63, 3.8) is 0 Å². The van der Waals surface area contributed by atoms with Gasteiger partial charge in [-0.1, -0.05) is 0 Å². The summed E-state index contributed by atoms with van der Waals surface area (Å²) in [5.41, 5.74) is 6.33. The SMILES string of the molecule is N#Cc1cc2c(cc1N)OC(CO)CO2. The molecule has 0 saturated heterocycles.